The van der Waals surface area contributed by atoms with Crippen LogP contribution in [0, 0.1) is 0 Å². The Labute approximate surface area is 235 Å². The van der Waals surface area contributed by atoms with Crippen LogP contribution in [0.2, 0.25) is 36.3 Å². The van der Waals surface area contributed by atoms with Crippen molar-refractivity contribution in [1.82, 2.24) is 4.90 Å². The molecular formula is C30H57NO5Si2. The molecule has 1 aromatic carbocycles. The number of carbonyl (C=O) groups excluding carboxylic acids is 1. The lowest BCUT2D eigenvalue weighted by atomic mass is 10.0. The molecule has 1 atom stereocenters. The Morgan fingerprint density at radius 1 is 0.868 bits per heavy atom. The lowest BCUT2D eigenvalue weighted by molar-refractivity contribution is -0.00635. The predicted molar refractivity (Wildman–Crippen MR) is 164 cm³/mol. The number of rotatable bonds is 8. The number of phenols is 1. The van der Waals surface area contributed by atoms with Gasteiger partial charge in [0.25, 0.3) is 0 Å². The Morgan fingerprint density at radius 2 is 1.37 bits per heavy atom. The molecule has 0 radical (unpaired) electrons. The Morgan fingerprint density at radius 3 is 1.79 bits per heavy atom. The summed E-state index contributed by atoms with van der Waals surface area (Å²) < 4.78 is 19.2. The number of hydrogen-bond donors (Lipinski definition) is 1. The Balaban J connectivity index is 3.54. The maximum Gasteiger partial charge on any atom is 0.410 e. The van der Waals surface area contributed by atoms with E-state index >= 15 is 0 Å². The molecule has 0 aromatic heterocycles. The Kier molecular flexibility index (Phi) is 10.6. The van der Waals surface area contributed by atoms with Gasteiger partial charge in [-0.25, -0.2) is 4.79 Å². The molecule has 1 unspecified atom stereocenters. The number of aromatic hydroxyl groups is 1. The first-order chi connectivity index (χ1) is 16.7. The summed E-state index contributed by atoms with van der Waals surface area (Å²) in [7, 11) is -4.24. The van der Waals surface area contributed by atoms with E-state index in [2.05, 4.69) is 67.7 Å². The minimum absolute atomic E-state index is 0.0189. The lowest BCUT2D eigenvalue weighted by Crippen LogP contribution is -2.51. The van der Waals surface area contributed by atoms with Crippen LogP contribution >= 0.6 is 0 Å². The first kappa shape index (κ1) is 34.7. The van der Waals surface area contributed by atoms with E-state index in [1.54, 1.807) is 11.0 Å². The number of amides is 1. The van der Waals surface area contributed by atoms with Gasteiger partial charge >= 0.3 is 6.09 Å². The molecule has 38 heavy (non-hydrogen) atoms. The molecule has 0 saturated carbocycles. The Bertz CT molecular complexity index is 947. The molecule has 1 aromatic rings. The molecule has 0 heterocycles. The van der Waals surface area contributed by atoms with E-state index < -0.39 is 33.9 Å². The molecule has 0 aliphatic heterocycles. The second-order valence-corrected chi connectivity index (χ2v) is 25.1. The fourth-order valence-electron chi connectivity index (χ4n) is 3.24. The highest BCUT2D eigenvalue weighted by Crippen LogP contribution is 2.41. The van der Waals surface area contributed by atoms with Gasteiger partial charge in [-0.1, -0.05) is 47.6 Å². The van der Waals surface area contributed by atoms with E-state index in [1.165, 1.54) is 0 Å². The van der Waals surface area contributed by atoms with Crippen LogP contribution in [0.25, 0.3) is 0 Å². The topological polar surface area (TPSA) is 68.2 Å². The summed E-state index contributed by atoms with van der Waals surface area (Å²) in [6.45, 7) is 34.4. The third-order valence-corrected chi connectivity index (χ3v) is 16.8. The molecule has 0 aliphatic rings. The van der Waals surface area contributed by atoms with Crippen molar-refractivity contribution in [3.05, 3.63) is 29.3 Å². The molecule has 0 spiro atoms. The number of carbonyl (C=O) groups is 1. The highest BCUT2D eigenvalue weighted by atomic mass is 28.4. The molecule has 6 nitrogen and oxygen atoms in total. The zero-order valence-electron chi connectivity index (χ0n) is 27.3. The van der Waals surface area contributed by atoms with Crippen molar-refractivity contribution in [2.24, 2.45) is 0 Å². The van der Waals surface area contributed by atoms with Crippen molar-refractivity contribution >= 4 is 22.7 Å². The van der Waals surface area contributed by atoms with Crippen molar-refractivity contribution in [2.75, 3.05) is 6.54 Å². The van der Waals surface area contributed by atoms with Gasteiger partial charge in [0.1, 0.15) is 11.4 Å². The molecule has 0 aliphatic carbocycles. The molecule has 8 heteroatoms. The molecule has 0 fully saturated rings. The third kappa shape index (κ3) is 9.68. The maximum atomic E-state index is 13.4. The number of benzene rings is 1. The maximum absolute atomic E-state index is 13.4. The van der Waals surface area contributed by atoms with E-state index in [-0.39, 0.29) is 21.9 Å². The van der Waals surface area contributed by atoms with Gasteiger partial charge in [-0.2, -0.15) is 0 Å². The monoisotopic (exact) mass is 567 g/mol. The molecule has 0 saturated heterocycles. The highest BCUT2D eigenvalue weighted by molar-refractivity contribution is 6.74. The number of nitrogens with zero attached hydrogens (tertiary/aromatic N) is 1. The summed E-state index contributed by atoms with van der Waals surface area (Å²) in [5.74, 6) is 0.207. The summed E-state index contributed by atoms with van der Waals surface area (Å²) in [6.07, 6.45) is -0.760. The molecule has 1 rings (SSSR count). The zero-order valence-corrected chi connectivity index (χ0v) is 29.3. The fourth-order valence-corrected chi connectivity index (χ4v) is 5.47. The van der Waals surface area contributed by atoms with Crippen molar-refractivity contribution < 1.29 is 23.5 Å². The van der Waals surface area contributed by atoms with Crippen LogP contribution in [0.15, 0.2) is 18.2 Å². The first-order valence-electron chi connectivity index (χ1n) is 13.8. The van der Waals surface area contributed by atoms with Crippen LogP contribution in [0.5, 0.6) is 5.75 Å². The Hall–Kier alpha value is -1.36. The van der Waals surface area contributed by atoms with Gasteiger partial charge in [0, 0.05) is 11.1 Å². The molecule has 0 bridgehead atoms. The van der Waals surface area contributed by atoms with E-state index in [4.69, 9.17) is 13.6 Å². The van der Waals surface area contributed by atoms with Gasteiger partial charge in [0.2, 0.25) is 0 Å². The van der Waals surface area contributed by atoms with E-state index in [0.717, 1.165) is 11.1 Å². The van der Waals surface area contributed by atoms with Crippen LogP contribution in [0.1, 0.15) is 100 Å². The number of phenolic OH excluding ortho intramolecular Hbond substituents is 1. The summed E-state index contributed by atoms with van der Waals surface area (Å²) in [6, 6.07) is 5.60. The molecular weight excluding hydrogens is 511 g/mol. The summed E-state index contributed by atoms with van der Waals surface area (Å²) in [5, 5.41) is 10.8. The van der Waals surface area contributed by atoms with Gasteiger partial charge in [-0.15, -0.1) is 0 Å². The second-order valence-electron chi connectivity index (χ2n) is 15.6. The quantitative estimate of drug-likeness (QED) is 0.317. The lowest BCUT2D eigenvalue weighted by Gasteiger charge is -2.43. The zero-order chi connectivity index (χ0) is 30.1. The standard InChI is InChI=1S/C30H57NO5Si2/c1-27(2,3)31(26(33)35-28(4,5)6)20-25(36-38(15,16)30(10,11)12)22-17-18-24(32)23(19-22)21-34-37(13,14)29(7,8)9/h17-19,25,32H,20-21H2,1-16H3. The average molecular weight is 568 g/mol. The summed E-state index contributed by atoms with van der Waals surface area (Å²) in [4.78, 5) is 15.1. The van der Waals surface area contributed by atoms with Crippen LogP contribution < -0.4 is 0 Å². The largest absolute Gasteiger partial charge is 0.508 e. The minimum atomic E-state index is -2.23. The van der Waals surface area contributed by atoms with Gasteiger partial charge in [0.05, 0.1) is 19.3 Å². The minimum Gasteiger partial charge on any atom is -0.508 e. The smallest absolute Gasteiger partial charge is 0.410 e. The van der Waals surface area contributed by atoms with E-state index in [0.29, 0.717) is 13.2 Å². The van der Waals surface area contributed by atoms with Gasteiger partial charge in [-0.3, -0.25) is 0 Å². The average Bonchev–Trinajstić information content (AvgIpc) is 2.66. The second kappa shape index (κ2) is 11.6. The highest BCUT2D eigenvalue weighted by Gasteiger charge is 2.42. The van der Waals surface area contributed by atoms with Crippen molar-refractivity contribution in [2.45, 2.75) is 143 Å². The van der Waals surface area contributed by atoms with Gasteiger partial charge in [0.15, 0.2) is 16.6 Å². The van der Waals surface area contributed by atoms with Crippen LogP contribution in [0.4, 0.5) is 4.79 Å². The van der Waals surface area contributed by atoms with Crippen molar-refractivity contribution in [3.63, 3.8) is 0 Å². The third-order valence-electron chi connectivity index (χ3n) is 7.89. The van der Waals surface area contributed by atoms with Crippen LogP contribution in [-0.4, -0.2) is 50.4 Å². The van der Waals surface area contributed by atoms with Gasteiger partial charge < -0.3 is 23.6 Å². The molecule has 220 valence electrons. The van der Waals surface area contributed by atoms with Crippen molar-refractivity contribution in [3.8, 4) is 5.75 Å². The summed E-state index contributed by atoms with van der Waals surface area (Å²) in [5.41, 5.74) is 0.557. The fraction of sp³-hybridized carbons (Fsp3) is 0.767. The van der Waals surface area contributed by atoms with Gasteiger partial charge in [-0.05, 0) is 95.5 Å². The van der Waals surface area contributed by atoms with E-state index in [9.17, 15) is 9.90 Å². The number of hydrogen-bond acceptors (Lipinski definition) is 5. The molecule has 1 amide bonds. The van der Waals surface area contributed by atoms with E-state index in [1.807, 2.05) is 53.7 Å². The molecule has 1 N–H and O–H groups in total. The normalized spacial score (nSPS) is 14.8. The van der Waals surface area contributed by atoms with Crippen molar-refractivity contribution in [1.29, 1.82) is 0 Å². The summed E-state index contributed by atoms with van der Waals surface area (Å²) >= 11 is 0. The van der Waals surface area contributed by atoms with Crippen LogP contribution in [-0.2, 0) is 20.2 Å². The SMILES string of the molecule is CC(C)(C)OC(=O)N(CC(O[Si](C)(C)C(C)(C)C)c1ccc(O)c(CO[Si](C)(C)C(C)(C)C)c1)C(C)(C)C. The predicted octanol–water partition coefficient (Wildman–Crippen LogP) is 9.01. The first-order valence-corrected chi connectivity index (χ1v) is 19.6. The number of ether oxygens (including phenoxy) is 1. The van der Waals surface area contributed by atoms with Crippen LogP contribution in [0.3, 0.4) is 0 Å².